The van der Waals surface area contributed by atoms with Crippen LogP contribution >= 0.6 is 0 Å². The predicted molar refractivity (Wildman–Crippen MR) is 66.7 cm³/mol. The molecule has 0 unspecified atom stereocenters. The summed E-state index contributed by atoms with van der Waals surface area (Å²) in [5, 5.41) is 0. The smallest absolute Gasteiger partial charge is 0.00851 e. The van der Waals surface area contributed by atoms with Crippen molar-refractivity contribution in [3.63, 3.8) is 0 Å². The topological polar surface area (TPSA) is 0 Å². The van der Waals surface area contributed by atoms with Crippen LogP contribution in [0.1, 0.15) is 52.9 Å². The molecule has 84 valence electrons. The van der Waals surface area contributed by atoms with Crippen LogP contribution in [0.4, 0.5) is 0 Å². The van der Waals surface area contributed by atoms with Crippen LogP contribution in [0.3, 0.4) is 0 Å². The fraction of sp³-hybridized carbons (Fsp3) is 0.733. The largest absolute Gasteiger partial charge is 0.0999 e. The average Bonchev–Trinajstić information content (AvgIpc) is 2.19. The molecule has 0 aromatic heterocycles. The predicted octanol–water partition coefficient (Wildman–Crippen LogP) is 4.73. The van der Waals surface area contributed by atoms with Gasteiger partial charge in [0.1, 0.15) is 0 Å². The van der Waals surface area contributed by atoms with Gasteiger partial charge in [0.2, 0.25) is 0 Å². The molecule has 1 saturated carbocycles. The van der Waals surface area contributed by atoms with E-state index in [9.17, 15) is 0 Å². The van der Waals surface area contributed by atoms with Gasteiger partial charge < -0.3 is 0 Å². The Kier molecular flexibility index (Phi) is 2.79. The highest BCUT2D eigenvalue weighted by atomic mass is 14.5. The Bertz CT molecular complexity index is 297. The number of allylic oxidation sites excluding steroid dienone is 3. The van der Waals surface area contributed by atoms with E-state index in [-0.39, 0.29) is 0 Å². The minimum atomic E-state index is 0.486. The maximum absolute atomic E-state index is 4.15. The van der Waals surface area contributed by atoms with Crippen molar-refractivity contribution in [3.05, 3.63) is 23.8 Å². The molecule has 0 N–H and O–H groups in total. The summed E-state index contributed by atoms with van der Waals surface area (Å²) in [6.07, 6.45) is 9.33. The molecule has 15 heavy (non-hydrogen) atoms. The van der Waals surface area contributed by atoms with Crippen LogP contribution in [-0.2, 0) is 0 Å². The van der Waals surface area contributed by atoms with Crippen LogP contribution in [0.2, 0.25) is 0 Å². The molecule has 2 aliphatic rings. The molecule has 0 radical (unpaired) electrons. The van der Waals surface area contributed by atoms with Crippen molar-refractivity contribution >= 4 is 0 Å². The molecule has 1 fully saturated rings. The van der Waals surface area contributed by atoms with Gasteiger partial charge in [-0.3, -0.25) is 0 Å². The molecular weight excluding hydrogens is 180 g/mol. The van der Waals surface area contributed by atoms with E-state index in [1.807, 2.05) is 0 Å². The average molecular weight is 204 g/mol. The van der Waals surface area contributed by atoms with Gasteiger partial charge in [-0.25, -0.2) is 0 Å². The molecule has 0 spiro atoms. The van der Waals surface area contributed by atoms with Crippen molar-refractivity contribution < 1.29 is 0 Å². The van der Waals surface area contributed by atoms with Crippen molar-refractivity contribution in [2.45, 2.75) is 52.9 Å². The van der Waals surface area contributed by atoms with E-state index in [2.05, 4.69) is 33.4 Å². The van der Waals surface area contributed by atoms with Crippen molar-refractivity contribution in [1.82, 2.24) is 0 Å². The Morgan fingerprint density at radius 1 is 1.40 bits per heavy atom. The highest BCUT2D eigenvalue weighted by molar-refractivity contribution is 5.19. The molecule has 0 nitrogen and oxygen atoms in total. The quantitative estimate of drug-likeness (QED) is 0.542. The van der Waals surface area contributed by atoms with E-state index < -0.39 is 0 Å². The van der Waals surface area contributed by atoms with Gasteiger partial charge in [0.25, 0.3) is 0 Å². The molecular formula is C15H24. The van der Waals surface area contributed by atoms with Gasteiger partial charge >= 0.3 is 0 Å². The van der Waals surface area contributed by atoms with Gasteiger partial charge in [0.15, 0.2) is 0 Å². The summed E-state index contributed by atoms with van der Waals surface area (Å²) in [6.45, 7) is 11.2. The lowest BCUT2D eigenvalue weighted by Gasteiger charge is -2.48. The maximum atomic E-state index is 4.15. The molecule has 0 heterocycles. The minimum Gasteiger partial charge on any atom is -0.0999 e. The molecule has 0 heteroatoms. The fourth-order valence-corrected chi connectivity index (χ4v) is 3.60. The fourth-order valence-electron chi connectivity index (χ4n) is 3.60. The zero-order valence-corrected chi connectivity index (χ0v) is 10.5. The first-order valence-corrected chi connectivity index (χ1v) is 6.36. The first-order valence-electron chi connectivity index (χ1n) is 6.36. The van der Waals surface area contributed by atoms with E-state index in [0.717, 1.165) is 11.8 Å². The van der Waals surface area contributed by atoms with Gasteiger partial charge in [-0.1, -0.05) is 30.7 Å². The second kappa shape index (κ2) is 3.81. The molecule has 0 saturated heterocycles. The summed E-state index contributed by atoms with van der Waals surface area (Å²) in [4.78, 5) is 0. The Labute approximate surface area is 94.5 Å². The Balaban J connectivity index is 2.23. The highest BCUT2D eigenvalue weighted by Crippen LogP contribution is 2.53. The number of hydrogen-bond donors (Lipinski definition) is 0. The Morgan fingerprint density at radius 3 is 2.80 bits per heavy atom. The van der Waals surface area contributed by atoms with Gasteiger partial charge in [-0.05, 0) is 63.2 Å². The van der Waals surface area contributed by atoms with E-state index in [0.29, 0.717) is 5.41 Å². The molecule has 0 bridgehead atoms. The molecule has 3 atom stereocenters. The minimum absolute atomic E-state index is 0.486. The third-order valence-electron chi connectivity index (χ3n) is 5.00. The lowest BCUT2D eigenvalue weighted by molar-refractivity contribution is 0.110. The maximum Gasteiger partial charge on any atom is -0.00851 e. The second-order valence-corrected chi connectivity index (χ2v) is 5.90. The van der Waals surface area contributed by atoms with Crippen molar-refractivity contribution in [1.29, 1.82) is 0 Å². The first kappa shape index (κ1) is 11.0. The van der Waals surface area contributed by atoms with E-state index in [1.54, 1.807) is 5.57 Å². The SMILES string of the molecule is C=C(C)[C@@H]1CC[C@H]2CCC=C(C)[C@@]2(C)C1. The van der Waals surface area contributed by atoms with E-state index in [4.69, 9.17) is 0 Å². The Morgan fingerprint density at radius 2 is 2.13 bits per heavy atom. The number of hydrogen-bond acceptors (Lipinski definition) is 0. The monoisotopic (exact) mass is 204 g/mol. The molecule has 0 amide bonds. The normalized spacial score (nSPS) is 40.6. The van der Waals surface area contributed by atoms with Crippen molar-refractivity contribution in [2.75, 3.05) is 0 Å². The van der Waals surface area contributed by atoms with Crippen LogP contribution in [0, 0.1) is 17.3 Å². The molecule has 0 aromatic rings. The first-order chi connectivity index (χ1) is 7.04. The summed E-state index contributed by atoms with van der Waals surface area (Å²) < 4.78 is 0. The van der Waals surface area contributed by atoms with Crippen molar-refractivity contribution in [3.8, 4) is 0 Å². The zero-order chi connectivity index (χ0) is 11.1. The third kappa shape index (κ3) is 1.79. The number of rotatable bonds is 1. The summed E-state index contributed by atoms with van der Waals surface area (Å²) in [6, 6.07) is 0. The summed E-state index contributed by atoms with van der Waals surface area (Å²) in [5.41, 5.74) is 3.53. The van der Waals surface area contributed by atoms with E-state index in [1.165, 1.54) is 37.7 Å². The second-order valence-electron chi connectivity index (χ2n) is 5.90. The molecule has 0 aliphatic heterocycles. The molecule has 0 aromatic carbocycles. The lowest BCUT2D eigenvalue weighted by Crippen LogP contribution is -2.37. The zero-order valence-electron chi connectivity index (χ0n) is 10.5. The standard InChI is InChI=1S/C15H24/c1-11(2)13-8-9-14-7-5-6-12(3)15(14,4)10-13/h6,13-14H,1,5,7-10H2,2-4H3/t13-,14-,15-/m1/s1. The Hall–Kier alpha value is -0.520. The van der Waals surface area contributed by atoms with Crippen LogP contribution < -0.4 is 0 Å². The lowest BCUT2D eigenvalue weighted by atomic mass is 9.57. The van der Waals surface area contributed by atoms with Gasteiger partial charge in [-0.2, -0.15) is 0 Å². The number of fused-ring (bicyclic) bond motifs is 1. The summed E-state index contributed by atoms with van der Waals surface area (Å²) in [7, 11) is 0. The van der Waals surface area contributed by atoms with Crippen LogP contribution in [0.5, 0.6) is 0 Å². The van der Waals surface area contributed by atoms with Crippen LogP contribution in [-0.4, -0.2) is 0 Å². The van der Waals surface area contributed by atoms with Crippen LogP contribution in [0.15, 0.2) is 23.8 Å². The van der Waals surface area contributed by atoms with Gasteiger partial charge in [0, 0.05) is 0 Å². The molecule has 2 aliphatic carbocycles. The summed E-state index contributed by atoms with van der Waals surface area (Å²) in [5.74, 6) is 1.71. The van der Waals surface area contributed by atoms with Gasteiger partial charge in [0.05, 0.1) is 0 Å². The molecule has 2 rings (SSSR count). The van der Waals surface area contributed by atoms with E-state index >= 15 is 0 Å². The van der Waals surface area contributed by atoms with Crippen LogP contribution in [0.25, 0.3) is 0 Å². The third-order valence-corrected chi connectivity index (χ3v) is 5.00. The highest BCUT2D eigenvalue weighted by Gasteiger charge is 2.42. The van der Waals surface area contributed by atoms with Gasteiger partial charge in [-0.15, -0.1) is 0 Å². The summed E-state index contributed by atoms with van der Waals surface area (Å²) >= 11 is 0. The van der Waals surface area contributed by atoms with Crippen molar-refractivity contribution in [2.24, 2.45) is 17.3 Å².